The number of carbonyl (C=O) groups is 2. The van der Waals surface area contributed by atoms with Gasteiger partial charge in [0.2, 0.25) is 5.91 Å². The molecule has 0 fully saturated rings. The number of amides is 1. The molecule has 64 valence electrons. The smallest absolute Gasteiger partial charge is 0.220 e. The van der Waals surface area contributed by atoms with Gasteiger partial charge in [-0.1, -0.05) is 13.8 Å². The van der Waals surface area contributed by atoms with Gasteiger partial charge in [0.1, 0.15) is 5.78 Å². The van der Waals surface area contributed by atoms with Gasteiger partial charge in [-0.15, -0.1) is 0 Å². The molecule has 0 aliphatic carbocycles. The first-order valence-corrected chi connectivity index (χ1v) is 3.75. The first-order chi connectivity index (χ1) is 4.95. The Labute approximate surface area is 67.0 Å². The molecule has 0 aliphatic rings. The van der Waals surface area contributed by atoms with E-state index >= 15 is 0 Å². The van der Waals surface area contributed by atoms with Crippen molar-refractivity contribution >= 4 is 11.7 Å². The van der Waals surface area contributed by atoms with Crippen molar-refractivity contribution in [2.45, 2.75) is 27.2 Å². The number of primary amides is 1. The number of Topliss-reactive ketones (excluding diaryl/α,β-unsaturated/α-hetero) is 1. The van der Waals surface area contributed by atoms with Gasteiger partial charge in [0, 0.05) is 11.8 Å². The molecule has 2 unspecified atom stereocenters. The fourth-order valence-electron chi connectivity index (χ4n) is 0.812. The van der Waals surface area contributed by atoms with Crippen molar-refractivity contribution in [3.63, 3.8) is 0 Å². The van der Waals surface area contributed by atoms with Gasteiger partial charge >= 0.3 is 0 Å². The average molecular weight is 157 g/mol. The summed E-state index contributed by atoms with van der Waals surface area (Å²) < 4.78 is 0. The lowest BCUT2D eigenvalue weighted by atomic mass is 9.94. The van der Waals surface area contributed by atoms with Crippen LogP contribution >= 0.6 is 0 Å². The van der Waals surface area contributed by atoms with Crippen LogP contribution in [0.3, 0.4) is 0 Å². The third-order valence-electron chi connectivity index (χ3n) is 1.89. The summed E-state index contributed by atoms with van der Waals surface area (Å²) in [4.78, 5) is 21.3. The van der Waals surface area contributed by atoms with Gasteiger partial charge in [0.15, 0.2) is 0 Å². The Morgan fingerprint density at radius 3 is 2.00 bits per heavy atom. The first kappa shape index (κ1) is 10.1. The second-order valence-corrected chi connectivity index (χ2v) is 3.05. The van der Waals surface area contributed by atoms with E-state index in [1.165, 1.54) is 6.92 Å². The number of nitrogens with two attached hydrogens (primary N) is 1. The summed E-state index contributed by atoms with van der Waals surface area (Å²) in [5.74, 6) is -0.484. The Morgan fingerprint density at radius 1 is 1.27 bits per heavy atom. The fraction of sp³-hybridized carbons (Fsp3) is 0.750. The summed E-state index contributed by atoms with van der Waals surface area (Å²) in [5, 5.41) is 0. The molecule has 0 spiro atoms. The van der Waals surface area contributed by atoms with E-state index in [0.717, 1.165) is 0 Å². The van der Waals surface area contributed by atoms with Gasteiger partial charge in [-0.25, -0.2) is 0 Å². The number of rotatable bonds is 4. The fourth-order valence-corrected chi connectivity index (χ4v) is 0.812. The maximum Gasteiger partial charge on any atom is 0.220 e. The summed E-state index contributed by atoms with van der Waals surface area (Å²) in [6.45, 7) is 5.07. The van der Waals surface area contributed by atoms with Crippen molar-refractivity contribution in [1.82, 2.24) is 0 Å². The first-order valence-electron chi connectivity index (χ1n) is 3.75. The summed E-state index contributed by atoms with van der Waals surface area (Å²) in [6, 6.07) is 0. The van der Waals surface area contributed by atoms with Gasteiger partial charge in [0.25, 0.3) is 0 Å². The minimum absolute atomic E-state index is 0.0579. The quantitative estimate of drug-likeness (QED) is 0.653. The topological polar surface area (TPSA) is 60.2 Å². The highest BCUT2D eigenvalue weighted by molar-refractivity contribution is 5.80. The van der Waals surface area contributed by atoms with Gasteiger partial charge in [-0.2, -0.15) is 0 Å². The molecule has 0 saturated carbocycles. The van der Waals surface area contributed by atoms with E-state index < -0.39 is 0 Å². The lowest BCUT2D eigenvalue weighted by Crippen LogP contribution is -2.24. The van der Waals surface area contributed by atoms with E-state index in [1.54, 1.807) is 6.92 Å². The SMILES string of the molecule is CC(=O)C(C)CC(C)C(N)=O. The summed E-state index contributed by atoms with van der Waals surface area (Å²) in [7, 11) is 0. The average Bonchev–Trinajstić information content (AvgIpc) is 1.87. The normalized spacial score (nSPS) is 15.5. The summed E-state index contributed by atoms with van der Waals surface area (Å²) in [6.07, 6.45) is 0.560. The van der Waals surface area contributed by atoms with Crippen LogP contribution in [0.5, 0.6) is 0 Å². The molecule has 3 nitrogen and oxygen atoms in total. The molecule has 0 aliphatic heterocycles. The minimum atomic E-state index is -0.335. The number of ketones is 1. The molecule has 0 aromatic rings. The van der Waals surface area contributed by atoms with Crippen LogP contribution in [0.25, 0.3) is 0 Å². The van der Waals surface area contributed by atoms with Crippen molar-refractivity contribution in [3.05, 3.63) is 0 Å². The second-order valence-electron chi connectivity index (χ2n) is 3.05. The molecular weight excluding hydrogens is 142 g/mol. The molecule has 0 aromatic heterocycles. The van der Waals surface area contributed by atoms with Crippen LogP contribution in [0.15, 0.2) is 0 Å². The molecule has 0 bridgehead atoms. The molecule has 2 atom stereocenters. The molecule has 0 heterocycles. The van der Waals surface area contributed by atoms with Crippen LogP contribution in [0.4, 0.5) is 0 Å². The lowest BCUT2D eigenvalue weighted by Gasteiger charge is -2.10. The van der Waals surface area contributed by atoms with Gasteiger partial charge < -0.3 is 5.73 Å². The largest absolute Gasteiger partial charge is 0.369 e. The zero-order valence-corrected chi connectivity index (χ0v) is 7.26. The van der Waals surface area contributed by atoms with Gasteiger partial charge in [-0.05, 0) is 13.3 Å². The highest BCUT2D eigenvalue weighted by atomic mass is 16.1. The predicted molar refractivity (Wildman–Crippen MR) is 42.8 cm³/mol. The van der Waals surface area contributed by atoms with Crippen molar-refractivity contribution < 1.29 is 9.59 Å². The molecular formula is C8H15NO2. The third-order valence-corrected chi connectivity index (χ3v) is 1.89. The molecule has 0 radical (unpaired) electrons. The Morgan fingerprint density at radius 2 is 1.73 bits per heavy atom. The number of hydrogen-bond donors (Lipinski definition) is 1. The third kappa shape index (κ3) is 3.75. The summed E-state index contributed by atoms with van der Waals surface area (Å²) >= 11 is 0. The zero-order valence-electron chi connectivity index (χ0n) is 7.26. The van der Waals surface area contributed by atoms with Crippen molar-refractivity contribution in [1.29, 1.82) is 0 Å². The lowest BCUT2D eigenvalue weighted by molar-refractivity contribution is -0.123. The second kappa shape index (κ2) is 4.11. The Hall–Kier alpha value is -0.860. The van der Waals surface area contributed by atoms with Gasteiger partial charge in [0.05, 0.1) is 0 Å². The Bertz CT molecular complexity index is 147. The molecule has 0 rings (SSSR count). The zero-order chi connectivity index (χ0) is 9.02. The minimum Gasteiger partial charge on any atom is -0.369 e. The van der Waals surface area contributed by atoms with E-state index in [1.807, 2.05) is 6.92 Å². The maximum absolute atomic E-state index is 10.7. The van der Waals surface area contributed by atoms with E-state index in [-0.39, 0.29) is 23.5 Å². The number of hydrogen-bond acceptors (Lipinski definition) is 2. The summed E-state index contributed by atoms with van der Waals surface area (Å²) in [5.41, 5.74) is 5.03. The Kier molecular flexibility index (Phi) is 3.79. The molecule has 1 amide bonds. The van der Waals surface area contributed by atoms with E-state index in [0.29, 0.717) is 6.42 Å². The highest BCUT2D eigenvalue weighted by Gasteiger charge is 2.15. The van der Waals surface area contributed by atoms with Crippen LogP contribution in [0.1, 0.15) is 27.2 Å². The molecule has 0 aromatic carbocycles. The number of carbonyl (C=O) groups excluding carboxylic acids is 2. The molecule has 2 N–H and O–H groups in total. The molecule has 11 heavy (non-hydrogen) atoms. The highest BCUT2D eigenvalue weighted by Crippen LogP contribution is 2.11. The van der Waals surface area contributed by atoms with E-state index in [4.69, 9.17) is 5.73 Å². The molecule has 3 heteroatoms. The Balaban J connectivity index is 3.84. The standard InChI is InChI=1S/C8H15NO2/c1-5(7(3)10)4-6(2)8(9)11/h5-6H,4H2,1-3H3,(H2,9,11). The predicted octanol–water partition coefficient (Wildman–Crippen LogP) is 0.723. The van der Waals surface area contributed by atoms with Crippen molar-refractivity contribution in [2.75, 3.05) is 0 Å². The van der Waals surface area contributed by atoms with Crippen LogP contribution < -0.4 is 5.73 Å². The van der Waals surface area contributed by atoms with Crippen LogP contribution in [-0.4, -0.2) is 11.7 Å². The van der Waals surface area contributed by atoms with E-state index in [2.05, 4.69) is 0 Å². The molecule has 0 saturated heterocycles. The van der Waals surface area contributed by atoms with E-state index in [9.17, 15) is 9.59 Å². The monoisotopic (exact) mass is 157 g/mol. The van der Waals surface area contributed by atoms with Gasteiger partial charge in [-0.3, -0.25) is 9.59 Å². The van der Waals surface area contributed by atoms with Crippen LogP contribution in [-0.2, 0) is 9.59 Å². The van der Waals surface area contributed by atoms with Crippen LogP contribution in [0.2, 0.25) is 0 Å². The van der Waals surface area contributed by atoms with Crippen LogP contribution in [0, 0.1) is 11.8 Å². The van der Waals surface area contributed by atoms with Crippen molar-refractivity contribution in [2.24, 2.45) is 17.6 Å². The maximum atomic E-state index is 10.7. The van der Waals surface area contributed by atoms with Crippen molar-refractivity contribution in [3.8, 4) is 0 Å².